The van der Waals surface area contributed by atoms with Crippen molar-refractivity contribution < 1.29 is 13.2 Å². The van der Waals surface area contributed by atoms with E-state index in [2.05, 4.69) is 39.9 Å². The van der Waals surface area contributed by atoms with Crippen LogP contribution >= 0.6 is 0 Å². The van der Waals surface area contributed by atoms with Crippen LogP contribution in [-0.4, -0.2) is 40.8 Å². The van der Waals surface area contributed by atoms with Gasteiger partial charge in [-0.05, 0) is 42.5 Å². The van der Waals surface area contributed by atoms with Crippen molar-refractivity contribution in [3.05, 3.63) is 65.2 Å². The maximum atomic E-state index is 11.8. The van der Waals surface area contributed by atoms with Crippen LogP contribution in [0.2, 0.25) is 0 Å². The van der Waals surface area contributed by atoms with Crippen molar-refractivity contribution in [1.82, 2.24) is 10.6 Å². The van der Waals surface area contributed by atoms with Gasteiger partial charge in [-0.25, -0.2) is 8.42 Å². The standard InChI is InChI=1S/C23H31N3O3S/c1-17-14-18(11-12-21(17)30(3,27)28)15-25-23(24-2)26-16-20-10-7-13-29-22(20)19-8-5-4-6-9-19/h4-6,8-9,11-12,14,20,22H,7,10,13,15-16H2,1-3H3,(H2,24,25,26). The lowest BCUT2D eigenvalue weighted by Crippen LogP contribution is -2.41. The highest BCUT2D eigenvalue weighted by molar-refractivity contribution is 7.90. The normalized spacial score (nSPS) is 20.0. The maximum absolute atomic E-state index is 11.8. The topological polar surface area (TPSA) is 79.8 Å². The highest BCUT2D eigenvalue weighted by Gasteiger charge is 2.27. The summed E-state index contributed by atoms with van der Waals surface area (Å²) in [6.07, 6.45) is 3.50. The minimum absolute atomic E-state index is 0.0942. The van der Waals surface area contributed by atoms with Gasteiger partial charge in [0.25, 0.3) is 0 Å². The van der Waals surface area contributed by atoms with Crippen LogP contribution in [0.3, 0.4) is 0 Å². The Hall–Kier alpha value is -2.38. The summed E-state index contributed by atoms with van der Waals surface area (Å²) in [7, 11) is -1.45. The van der Waals surface area contributed by atoms with Crippen LogP contribution < -0.4 is 10.6 Å². The third-order valence-corrected chi connectivity index (χ3v) is 6.68. The summed E-state index contributed by atoms with van der Waals surface area (Å²) in [4.78, 5) is 4.70. The lowest BCUT2D eigenvalue weighted by molar-refractivity contribution is -0.0265. The Balaban J connectivity index is 1.57. The van der Waals surface area contributed by atoms with Crippen molar-refractivity contribution in [2.24, 2.45) is 10.9 Å². The molecule has 0 bridgehead atoms. The van der Waals surface area contributed by atoms with E-state index in [1.807, 2.05) is 25.1 Å². The molecule has 2 atom stereocenters. The fraction of sp³-hybridized carbons (Fsp3) is 0.435. The van der Waals surface area contributed by atoms with Crippen LogP contribution in [0.4, 0.5) is 0 Å². The van der Waals surface area contributed by atoms with Gasteiger partial charge in [0, 0.05) is 38.9 Å². The predicted molar refractivity (Wildman–Crippen MR) is 120 cm³/mol. The molecule has 3 rings (SSSR count). The molecule has 1 aliphatic heterocycles. The van der Waals surface area contributed by atoms with Gasteiger partial charge in [-0.15, -0.1) is 0 Å². The molecule has 1 fully saturated rings. The summed E-state index contributed by atoms with van der Waals surface area (Å²) >= 11 is 0. The van der Waals surface area contributed by atoms with E-state index in [4.69, 9.17) is 4.74 Å². The molecule has 6 nitrogen and oxygen atoms in total. The number of ether oxygens (including phenoxy) is 1. The average Bonchev–Trinajstić information content (AvgIpc) is 2.74. The number of nitrogens with zero attached hydrogens (tertiary/aromatic N) is 1. The molecule has 7 heteroatoms. The minimum atomic E-state index is -3.20. The molecule has 0 aromatic heterocycles. The number of sulfone groups is 1. The zero-order chi connectivity index (χ0) is 21.6. The lowest BCUT2D eigenvalue weighted by atomic mass is 9.89. The maximum Gasteiger partial charge on any atom is 0.191 e. The molecule has 1 saturated heterocycles. The lowest BCUT2D eigenvalue weighted by Gasteiger charge is -2.32. The summed E-state index contributed by atoms with van der Waals surface area (Å²) < 4.78 is 29.6. The van der Waals surface area contributed by atoms with Gasteiger partial charge in [0.2, 0.25) is 0 Å². The Labute approximate surface area is 179 Å². The largest absolute Gasteiger partial charge is 0.373 e. The molecular weight excluding hydrogens is 398 g/mol. The highest BCUT2D eigenvalue weighted by Crippen LogP contribution is 2.33. The van der Waals surface area contributed by atoms with Crippen LogP contribution in [0.25, 0.3) is 0 Å². The summed E-state index contributed by atoms with van der Waals surface area (Å²) in [5, 5.41) is 6.74. The van der Waals surface area contributed by atoms with E-state index in [-0.39, 0.29) is 6.10 Å². The quantitative estimate of drug-likeness (QED) is 0.544. The molecule has 0 radical (unpaired) electrons. The van der Waals surface area contributed by atoms with Crippen molar-refractivity contribution >= 4 is 15.8 Å². The first-order chi connectivity index (χ1) is 14.4. The van der Waals surface area contributed by atoms with Crippen molar-refractivity contribution in [3.8, 4) is 0 Å². The third-order valence-electron chi connectivity index (χ3n) is 5.43. The van der Waals surface area contributed by atoms with Gasteiger partial charge in [-0.3, -0.25) is 4.99 Å². The van der Waals surface area contributed by atoms with Crippen LogP contribution in [-0.2, 0) is 21.1 Å². The molecule has 0 spiro atoms. The number of nitrogens with one attached hydrogen (secondary N) is 2. The Morgan fingerprint density at radius 2 is 1.93 bits per heavy atom. The van der Waals surface area contributed by atoms with E-state index >= 15 is 0 Å². The summed E-state index contributed by atoms with van der Waals surface area (Å²) in [5.74, 6) is 1.09. The van der Waals surface area contributed by atoms with E-state index in [1.54, 1.807) is 13.1 Å². The molecule has 1 aliphatic rings. The second-order valence-corrected chi connectivity index (χ2v) is 9.77. The molecule has 0 saturated carbocycles. The number of guanidine groups is 1. The van der Waals surface area contributed by atoms with Crippen molar-refractivity contribution in [2.75, 3.05) is 26.5 Å². The Bertz CT molecular complexity index is 974. The molecule has 162 valence electrons. The number of hydrogen-bond acceptors (Lipinski definition) is 4. The predicted octanol–water partition coefficient (Wildman–Crippen LogP) is 3.23. The highest BCUT2D eigenvalue weighted by atomic mass is 32.2. The second-order valence-electron chi connectivity index (χ2n) is 7.78. The molecule has 1 heterocycles. The number of aliphatic imine (C=N–C) groups is 1. The molecule has 2 aromatic rings. The third kappa shape index (κ3) is 5.83. The fourth-order valence-electron chi connectivity index (χ4n) is 3.94. The number of hydrogen-bond donors (Lipinski definition) is 2. The fourth-order valence-corrected chi connectivity index (χ4v) is 4.89. The zero-order valence-electron chi connectivity index (χ0n) is 17.9. The van der Waals surface area contributed by atoms with Crippen LogP contribution in [0.5, 0.6) is 0 Å². The molecule has 2 N–H and O–H groups in total. The molecule has 2 aromatic carbocycles. The number of aryl methyl sites for hydroxylation is 1. The van der Waals surface area contributed by atoms with Gasteiger partial charge in [-0.1, -0.05) is 42.5 Å². The SMILES string of the molecule is CN=C(NCc1ccc(S(C)(=O)=O)c(C)c1)NCC1CCCOC1c1ccccc1. The second kappa shape index (κ2) is 10.1. The van der Waals surface area contributed by atoms with Crippen molar-refractivity contribution in [3.63, 3.8) is 0 Å². The summed E-state index contributed by atoms with van der Waals surface area (Å²) in [6, 6.07) is 15.8. The summed E-state index contributed by atoms with van der Waals surface area (Å²) in [5.41, 5.74) is 2.98. The minimum Gasteiger partial charge on any atom is -0.373 e. The monoisotopic (exact) mass is 429 g/mol. The number of benzene rings is 2. The Morgan fingerprint density at radius 3 is 2.60 bits per heavy atom. The Kier molecular flexibility index (Phi) is 7.50. The van der Waals surface area contributed by atoms with Gasteiger partial charge in [0.05, 0.1) is 11.0 Å². The summed E-state index contributed by atoms with van der Waals surface area (Å²) in [6.45, 7) is 3.95. The molecule has 30 heavy (non-hydrogen) atoms. The Morgan fingerprint density at radius 1 is 1.17 bits per heavy atom. The number of rotatable bonds is 6. The molecule has 0 aliphatic carbocycles. The zero-order valence-corrected chi connectivity index (χ0v) is 18.7. The van der Waals surface area contributed by atoms with E-state index in [9.17, 15) is 8.42 Å². The average molecular weight is 430 g/mol. The molecule has 0 amide bonds. The molecule has 2 unspecified atom stereocenters. The van der Waals surface area contributed by atoms with E-state index < -0.39 is 9.84 Å². The molecular formula is C23H31N3O3S. The van der Waals surface area contributed by atoms with Gasteiger partial charge >= 0.3 is 0 Å². The van der Waals surface area contributed by atoms with Crippen molar-refractivity contribution in [2.45, 2.75) is 37.3 Å². The van der Waals surface area contributed by atoms with Gasteiger partial charge < -0.3 is 15.4 Å². The first-order valence-electron chi connectivity index (χ1n) is 10.3. The van der Waals surface area contributed by atoms with E-state index in [1.165, 1.54) is 11.8 Å². The van der Waals surface area contributed by atoms with E-state index in [0.717, 1.165) is 43.1 Å². The first-order valence-corrected chi connectivity index (χ1v) is 12.2. The van der Waals surface area contributed by atoms with Gasteiger partial charge in [-0.2, -0.15) is 0 Å². The van der Waals surface area contributed by atoms with Gasteiger partial charge in [0.1, 0.15) is 0 Å². The first kappa shape index (κ1) is 22.3. The van der Waals surface area contributed by atoms with E-state index in [0.29, 0.717) is 17.4 Å². The van der Waals surface area contributed by atoms with Crippen LogP contribution in [0.1, 0.15) is 35.6 Å². The van der Waals surface area contributed by atoms with Crippen molar-refractivity contribution in [1.29, 1.82) is 0 Å². The smallest absolute Gasteiger partial charge is 0.191 e. The van der Waals surface area contributed by atoms with Crippen LogP contribution in [0.15, 0.2) is 58.4 Å². The van der Waals surface area contributed by atoms with Gasteiger partial charge in [0.15, 0.2) is 15.8 Å². The van der Waals surface area contributed by atoms with Crippen LogP contribution in [0, 0.1) is 12.8 Å².